The number of aromatic hydroxyl groups is 4. The van der Waals surface area contributed by atoms with Gasteiger partial charge in [-0.3, -0.25) is 9.69 Å². The summed E-state index contributed by atoms with van der Waals surface area (Å²) < 4.78 is 11.0. The first kappa shape index (κ1) is 19.3. The molecule has 0 amide bonds. The van der Waals surface area contributed by atoms with E-state index in [1.54, 1.807) is 0 Å². The number of phenols is 4. The molecule has 1 fully saturated rings. The molecule has 2 atom stereocenters. The standard InChI is InChI=1S/C20H21NO8/c22-12-2-1-10(7-14(12)24)20-19(27)18(26)16-15(29-20)8-13(23)11(17(16)25)9-21-3-5-28-6-4-21/h1-2,7-8,19-20,22-25,27H,3-6,9H2/t19-,20+/m1/s1. The molecule has 154 valence electrons. The van der Waals surface area contributed by atoms with E-state index in [0.717, 1.165) is 0 Å². The van der Waals surface area contributed by atoms with Gasteiger partial charge in [-0.25, -0.2) is 0 Å². The Labute approximate surface area is 166 Å². The van der Waals surface area contributed by atoms with Gasteiger partial charge in [0, 0.05) is 25.7 Å². The lowest BCUT2D eigenvalue weighted by Gasteiger charge is -2.32. The number of nitrogens with zero attached hydrogens (tertiary/aromatic N) is 1. The molecule has 2 aromatic rings. The summed E-state index contributed by atoms with van der Waals surface area (Å²) in [6.07, 6.45) is -2.82. The van der Waals surface area contributed by atoms with E-state index >= 15 is 0 Å². The van der Waals surface area contributed by atoms with Gasteiger partial charge in [0.05, 0.1) is 18.8 Å². The van der Waals surface area contributed by atoms with E-state index in [0.29, 0.717) is 26.3 Å². The number of Topliss-reactive ketones (excluding diaryl/α,β-unsaturated/α-hetero) is 1. The lowest BCUT2D eigenvalue weighted by atomic mass is 9.91. The topological polar surface area (TPSA) is 140 Å². The summed E-state index contributed by atoms with van der Waals surface area (Å²) in [6.45, 7) is 2.53. The second kappa shape index (κ2) is 7.43. The Balaban J connectivity index is 1.69. The minimum atomic E-state index is -1.64. The molecule has 0 aromatic heterocycles. The van der Waals surface area contributed by atoms with Crippen LogP contribution < -0.4 is 4.74 Å². The number of benzene rings is 2. The highest BCUT2D eigenvalue weighted by Crippen LogP contribution is 2.45. The Kier molecular flexibility index (Phi) is 4.95. The van der Waals surface area contributed by atoms with Crippen LogP contribution in [0.2, 0.25) is 0 Å². The first-order valence-electron chi connectivity index (χ1n) is 9.15. The summed E-state index contributed by atoms with van der Waals surface area (Å²) in [5.41, 5.74) is 0.233. The van der Waals surface area contributed by atoms with Crippen LogP contribution in [0.1, 0.15) is 27.6 Å². The minimum absolute atomic E-state index is 0.0707. The fourth-order valence-electron chi connectivity index (χ4n) is 3.60. The maximum Gasteiger partial charge on any atom is 0.202 e. The number of ketones is 1. The molecular weight excluding hydrogens is 382 g/mol. The summed E-state index contributed by atoms with van der Waals surface area (Å²) in [4.78, 5) is 14.8. The highest BCUT2D eigenvalue weighted by atomic mass is 16.5. The number of rotatable bonds is 3. The number of aliphatic hydroxyl groups excluding tert-OH is 1. The van der Waals surface area contributed by atoms with Crippen molar-refractivity contribution < 1.29 is 39.8 Å². The molecule has 0 spiro atoms. The van der Waals surface area contributed by atoms with Crippen LogP contribution >= 0.6 is 0 Å². The van der Waals surface area contributed by atoms with E-state index < -0.39 is 29.5 Å². The summed E-state index contributed by atoms with van der Waals surface area (Å²) >= 11 is 0. The van der Waals surface area contributed by atoms with Gasteiger partial charge in [0.15, 0.2) is 23.7 Å². The predicted octanol–water partition coefficient (Wildman–Crippen LogP) is 1.02. The first-order chi connectivity index (χ1) is 13.9. The number of aliphatic hydroxyl groups is 1. The summed E-state index contributed by atoms with van der Waals surface area (Å²) in [6, 6.07) is 5.02. The molecule has 0 aliphatic carbocycles. The highest BCUT2D eigenvalue weighted by Gasteiger charge is 2.40. The minimum Gasteiger partial charge on any atom is -0.507 e. The predicted molar refractivity (Wildman–Crippen MR) is 99.3 cm³/mol. The lowest BCUT2D eigenvalue weighted by Crippen LogP contribution is -2.37. The van der Waals surface area contributed by atoms with E-state index in [2.05, 4.69) is 0 Å². The number of fused-ring (bicyclic) bond motifs is 1. The van der Waals surface area contributed by atoms with Crippen LogP contribution in [0.4, 0.5) is 0 Å². The van der Waals surface area contributed by atoms with Crippen molar-refractivity contribution in [1.29, 1.82) is 0 Å². The van der Waals surface area contributed by atoms with Crippen molar-refractivity contribution in [1.82, 2.24) is 4.90 Å². The molecule has 1 saturated heterocycles. The van der Waals surface area contributed by atoms with Crippen LogP contribution in [-0.2, 0) is 11.3 Å². The van der Waals surface area contributed by atoms with Crippen molar-refractivity contribution in [2.45, 2.75) is 18.8 Å². The van der Waals surface area contributed by atoms with Gasteiger partial charge in [-0.2, -0.15) is 0 Å². The zero-order chi connectivity index (χ0) is 20.7. The molecule has 4 rings (SSSR count). The normalized spacial score (nSPS) is 22.2. The fourth-order valence-corrected chi connectivity index (χ4v) is 3.60. The Morgan fingerprint density at radius 2 is 1.72 bits per heavy atom. The van der Waals surface area contributed by atoms with E-state index in [4.69, 9.17) is 9.47 Å². The molecule has 2 aliphatic heterocycles. The number of carbonyl (C=O) groups is 1. The van der Waals surface area contributed by atoms with E-state index in [1.165, 1.54) is 24.3 Å². The number of ether oxygens (including phenoxy) is 2. The number of hydrogen-bond acceptors (Lipinski definition) is 9. The molecule has 29 heavy (non-hydrogen) atoms. The third-order valence-electron chi connectivity index (χ3n) is 5.22. The smallest absolute Gasteiger partial charge is 0.202 e. The van der Waals surface area contributed by atoms with Gasteiger partial charge in [0.25, 0.3) is 0 Å². The van der Waals surface area contributed by atoms with Crippen molar-refractivity contribution in [2.24, 2.45) is 0 Å². The highest BCUT2D eigenvalue weighted by molar-refractivity contribution is 6.06. The van der Waals surface area contributed by atoms with Crippen molar-refractivity contribution in [3.05, 3.63) is 41.0 Å². The van der Waals surface area contributed by atoms with Crippen LogP contribution in [0.3, 0.4) is 0 Å². The molecular formula is C20H21NO8. The average molecular weight is 403 g/mol. The zero-order valence-corrected chi connectivity index (χ0v) is 15.4. The van der Waals surface area contributed by atoms with E-state index in [-0.39, 0.29) is 40.5 Å². The molecule has 2 aromatic carbocycles. The molecule has 2 aliphatic rings. The number of morpholine rings is 1. The molecule has 9 nitrogen and oxygen atoms in total. The fraction of sp³-hybridized carbons (Fsp3) is 0.350. The number of hydrogen-bond donors (Lipinski definition) is 5. The van der Waals surface area contributed by atoms with Gasteiger partial charge in [0.2, 0.25) is 5.78 Å². The van der Waals surface area contributed by atoms with Gasteiger partial charge in [-0.1, -0.05) is 6.07 Å². The van der Waals surface area contributed by atoms with Gasteiger partial charge in [0.1, 0.15) is 22.8 Å². The molecule has 0 saturated carbocycles. The maximum absolute atomic E-state index is 12.8. The number of phenolic OH excluding ortho intramolecular Hbond substituents is 4. The van der Waals surface area contributed by atoms with Crippen molar-refractivity contribution in [3.63, 3.8) is 0 Å². The molecule has 2 heterocycles. The maximum atomic E-state index is 12.8. The Hall–Kier alpha value is -3.01. The number of carbonyl (C=O) groups excluding carboxylic acids is 1. The van der Waals surface area contributed by atoms with Crippen molar-refractivity contribution in [2.75, 3.05) is 26.3 Å². The van der Waals surface area contributed by atoms with E-state index in [1.807, 2.05) is 4.90 Å². The molecule has 9 heteroatoms. The quantitative estimate of drug-likeness (QED) is 0.475. The van der Waals surface area contributed by atoms with Gasteiger partial charge in [-0.05, 0) is 17.7 Å². The van der Waals surface area contributed by atoms with Crippen LogP contribution in [0, 0.1) is 0 Å². The Morgan fingerprint density at radius 3 is 2.41 bits per heavy atom. The third-order valence-corrected chi connectivity index (χ3v) is 5.22. The Morgan fingerprint density at radius 1 is 1.00 bits per heavy atom. The van der Waals surface area contributed by atoms with Gasteiger partial charge >= 0.3 is 0 Å². The molecule has 0 radical (unpaired) electrons. The molecule has 5 N–H and O–H groups in total. The summed E-state index contributed by atoms with van der Waals surface area (Å²) in [5.74, 6) is -2.27. The zero-order valence-electron chi connectivity index (χ0n) is 15.4. The molecule has 0 bridgehead atoms. The third kappa shape index (κ3) is 3.44. The Bertz CT molecular complexity index is 954. The van der Waals surface area contributed by atoms with Crippen LogP contribution in [0.5, 0.6) is 28.7 Å². The largest absolute Gasteiger partial charge is 0.507 e. The second-order valence-corrected chi connectivity index (χ2v) is 7.08. The van der Waals surface area contributed by atoms with Crippen molar-refractivity contribution >= 4 is 5.78 Å². The van der Waals surface area contributed by atoms with Crippen LogP contribution in [0.15, 0.2) is 24.3 Å². The summed E-state index contributed by atoms with van der Waals surface area (Å²) in [5, 5.41) is 50.7. The van der Waals surface area contributed by atoms with Crippen molar-refractivity contribution in [3.8, 4) is 28.7 Å². The lowest BCUT2D eigenvalue weighted by molar-refractivity contribution is 0.0206. The van der Waals surface area contributed by atoms with Gasteiger partial charge in [-0.15, -0.1) is 0 Å². The van der Waals surface area contributed by atoms with E-state index in [9.17, 15) is 30.3 Å². The van der Waals surface area contributed by atoms with Crippen LogP contribution in [0.25, 0.3) is 0 Å². The monoisotopic (exact) mass is 403 g/mol. The van der Waals surface area contributed by atoms with Crippen LogP contribution in [-0.4, -0.2) is 68.6 Å². The average Bonchev–Trinajstić information content (AvgIpc) is 2.70. The second-order valence-electron chi connectivity index (χ2n) is 7.08. The SMILES string of the molecule is O=C1c2c(cc(O)c(CN3CCOCC3)c2O)O[C@@H](c2ccc(O)c(O)c2)[C@@H]1O. The first-order valence-corrected chi connectivity index (χ1v) is 9.15. The molecule has 0 unspecified atom stereocenters. The van der Waals surface area contributed by atoms with Gasteiger partial charge < -0.3 is 35.0 Å². The summed E-state index contributed by atoms with van der Waals surface area (Å²) in [7, 11) is 0.